The Kier molecular flexibility index (Phi) is 9.88. The van der Waals surface area contributed by atoms with E-state index in [2.05, 4.69) is 23.3 Å². The Bertz CT molecular complexity index is 794. The number of carbonyl (C=O) groups is 1. The molecule has 10 heteroatoms. The van der Waals surface area contributed by atoms with Gasteiger partial charge < -0.3 is 15.2 Å². The van der Waals surface area contributed by atoms with Gasteiger partial charge in [0.1, 0.15) is 12.4 Å². The van der Waals surface area contributed by atoms with Crippen LogP contribution in [0.4, 0.5) is 23.2 Å². The summed E-state index contributed by atoms with van der Waals surface area (Å²) in [7, 11) is 1.52. The Morgan fingerprint density at radius 2 is 2.04 bits per heavy atom. The fourth-order valence-electron chi connectivity index (χ4n) is 1.71. The number of aliphatic hydroxyl groups excluding tert-OH is 1. The number of halogens is 4. The van der Waals surface area contributed by atoms with E-state index in [4.69, 9.17) is 10.4 Å². The molecule has 6 nitrogen and oxygen atoms in total. The fourth-order valence-corrected chi connectivity index (χ4v) is 1.71. The highest BCUT2D eigenvalue weighted by molar-refractivity contribution is 5.55. The van der Waals surface area contributed by atoms with Crippen LogP contribution in [0, 0.1) is 30.1 Å². The van der Waals surface area contributed by atoms with Crippen molar-refractivity contribution in [1.29, 1.82) is 5.26 Å². The van der Waals surface area contributed by atoms with Gasteiger partial charge in [-0.05, 0) is 18.2 Å². The first kappa shape index (κ1) is 23.6. The number of aromatic nitrogens is 2. The van der Waals surface area contributed by atoms with Gasteiger partial charge in [0, 0.05) is 25.0 Å². The molecular weight excluding hydrogens is 368 g/mol. The minimum Gasteiger partial charge on any atom is -0.388 e. The first-order valence-corrected chi connectivity index (χ1v) is 7.16. The van der Waals surface area contributed by atoms with E-state index in [1.54, 1.807) is 0 Å². The van der Waals surface area contributed by atoms with Crippen LogP contribution in [-0.4, -0.2) is 34.3 Å². The molecule has 2 rings (SSSR count). The van der Waals surface area contributed by atoms with E-state index in [0.29, 0.717) is 12.0 Å². The van der Waals surface area contributed by atoms with Crippen LogP contribution in [0.3, 0.4) is 0 Å². The summed E-state index contributed by atoms with van der Waals surface area (Å²) in [6, 6.07) is 6.14. The second-order valence-corrected chi connectivity index (χ2v) is 4.68. The van der Waals surface area contributed by atoms with Crippen molar-refractivity contribution in [2.75, 3.05) is 12.4 Å². The molecule has 27 heavy (non-hydrogen) atoms. The molecule has 0 spiro atoms. The van der Waals surface area contributed by atoms with Crippen molar-refractivity contribution >= 4 is 12.0 Å². The topological polar surface area (TPSA) is 90.9 Å². The van der Waals surface area contributed by atoms with Gasteiger partial charge in [0.25, 0.3) is 0 Å². The van der Waals surface area contributed by atoms with Crippen LogP contribution in [0.1, 0.15) is 11.1 Å². The maximum Gasteiger partial charge on any atom is 0.417 e. The summed E-state index contributed by atoms with van der Waals surface area (Å²) < 4.78 is 50.5. The molecule has 0 saturated carbocycles. The van der Waals surface area contributed by atoms with Crippen LogP contribution in [0.2, 0.25) is 0 Å². The molecule has 0 fully saturated rings. The highest BCUT2D eigenvalue weighted by Gasteiger charge is 2.33. The highest BCUT2D eigenvalue weighted by atomic mass is 19.4. The minimum atomic E-state index is -4.49. The lowest BCUT2D eigenvalue weighted by atomic mass is 10.1. The van der Waals surface area contributed by atoms with Gasteiger partial charge in [-0.15, -0.1) is 17.9 Å². The Morgan fingerprint density at radius 1 is 1.41 bits per heavy atom. The van der Waals surface area contributed by atoms with Gasteiger partial charge in [-0.1, -0.05) is 0 Å². The molecule has 1 heterocycles. The summed E-state index contributed by atoms with van der Waals surface area (Å²) in [5, 5.41) is 23.2. The molecule has 1 aromatic carbocycles. The van der Waals surface area contributed by atoms with Crippen molar-refractivity contribution < 1.29 is 27.5 Å². The van der Waals surface area contributed by atoms with Crippen molar-refractivity contribution in [3.05, 3.63) is 47.5 Å². The summed E-state index contributed by atoms with van der Waals surface area (Å²) in [4.78, 5) is 9.93. The third-order valence-electron chi connectivity index (χ3n) is 2.87. The molecule has 2 N–H and O–H groups in total. The number of nitrogens with one attached hydrogen (secondary N) is 1. The zero-order chi connectivity index (χ0) is 21.0. The largest absolute Gasteiger partial charge is 0.417 e. The van der Waals surface area contributed by atoms with Gasteiger partial charge in [0.05, 0.1) is 23.7 Å². The third-order valence-corrected chi connectivity index (χ3v) is 2.87. The van der Waals surface area contributed by atoms with E-state index >= 15 is 0 Å². The average Bonchev–Trinajstić information content (AvgIpc) is 3.07. The quantitative estimate of drug-likeness (QED) is 0.480. The van der Waals surface area contributed by atoms with E-state index in [-0.39, 0.29) is 12.1 Å². The summed E-state index contributed by atoms with van der Waals surface area (Å²) in [5.74, 6) is -0.622. The molecular formula is C17H16F4N4O2. The molecule has 0 saturated heterocycles. The summed E-state index contributed by atoms with van der Waals surface area (Å²) in [6.07, 6.45) is 4.12. The van der Waals surface area contributed by atoms with Crippen LogP contribution >= 0.6 is 0 Å². The Labute approximate surface area is 153 Å². The molecule has 1 aromatic heterocycles. The first-order valence-electron chi connectivity index (χ1n) is 7.16. The maximum absolute atomic E-state index is 12.4. The summed E-state index contributed by atoms with van der Waals surface area (Å²) in [5.41, 5.74) is -0.945. The van der Waals surface area contributed by atoms with E-state index in [0.717, 1.165) is 22.9 Å². The molecule has 144 valence electrons. The van der Waals surface area contributed by atoms with E-state index in [1.165, 1.54) is 25.4 Å². The molecule has 0 amide bonds. The van der Waals surface area contributed by atoms with Crippen LogP contribution < -0.4 is 5.32 Å². The molecule has 1 atom stereocenters. The zero-order valence-electron chi connectivity index (χ0n) is 14.1. The number of hydrogen-bond donors (Lipinski definition) is 2. The van der Waals surface area contributed by atoms with Crippen molar-refractivity contribution in [2.24, 2.45) is 0 Å². The smallest absolute Gasteiger partial charge is 0.388 e. The number of carbonyl (C=O) groups excluding carboxylic acids is 1. The fraction of sp³-hybridized carbons (Fsp3) is 0.235. The number of alkyl halides is 3. The van der Waals surface area contributed by atoms with Crippen LogP contribution in [-0.2, 0) is 17.5 Å². The number of hydrogen-bond acceptors (Lipinski definition) is 5. The maximum atomic E-state index is 12.4. The van der Waals surface area contributed by atoms with Gasteiger partial charge in [0.15, 0.2) is 0 Å². The molecule has 0 bridgehead atoms. The number of benzene rings is 1. The molecule has 0 radical (unpaired) electrons. The van der Waals surface area contributed by atoms with Crippen molar-refractivity contribution in [2.45, 2.75) is 18.8 Å². The highest BCUT2D eigenvalue weighted by Crippen LogP contribution is 2.33. The standard InChI is InChI=1S/C9H7F3N2.C6H7FN2O2.C2H2/c1-14-7-3-2-6(5-13)8(4-7)9(10,11)12;7-6-1-2-9(8-6)3-5(11)4-10;1-2/h2-4,14H,1H3;1-2,4-5,11H,3H2;1-2H/t;5-;/m.0./s1. The van der Waals surface area contributed by atoms with Crippen LogP contribution in [0.5, 0.6) is 0 Å². The first-order chi connectivity index (χ1) is 12.7. The molecule has 0 aliphatic heterocycles. The molecule has 2 aromatic rings. The number of nitriles is 1. The van der Waals surface area contributed by atoms with Gasteiger partial charge in [-0.25, -0.2) is 0 Å². The number of nitrogens with zero attached hydrogens (tertiary/aromatic N) is 3. The van der Waals surface area contributed by atoms with Gasteiger partial charge in [0.2, 0.25) is 5.95 Å². The second-order valence-electron chi connectivity index (χ2n) is 4.68. The minimum absolute atomic E-state index is 0.00653. The number of terminal acetylenes is 1. The Balaban J connectivity index is 0.000000469. The molecule has 0 aliphatic carbocycles. The van der Waals surface area contributed by atoms with Gasteiger partial charge in [-0.3, -0.25) is 4.68 Å². The van der Waals surface area contributed by atoms with Gasteiger partial charge in [-0.2, -0.15) is 22.8 Å². The normalized spacial score (nSPS) is 10.9. The van der Waals surface area contributed by atoms with Crippen LogP contribution in [0.25, 0.3) is 0 Å². The lowest BCUT2D eigenvalue weighted by Crippen LogP contribution is -2.17. The van der Waals surface area contributed by atoms with E-state index in [1.807, 2.05) is 0 Å². The lowest BCUT2D eigenvalue weighted by molar-refractivity contribution is -0.137. The number of aldehydes is 1. The van der Waals surface area contributed by atoms with E-state index in [9.17, 15) is 22.4 Å². The van der Waals surface area contributed by atoms with Crippen molar-refractivity contribution in [3.63, 3.8) is 0 Å². The Hall–Kier alpha value is -3.37. The predicted molar refractivity (Wildman–Crippen MR) is 89.9 cm³/mol. The average molecular weight is 384 g/mol. The lowest BCUT2D eigenvalue weighted by Gasteiger charge is -2.10. The van der Waals surface area contributed by atoms with E-state index < -0.39 is 23.8 Å². The zero-order valence-corrected chi connectivity index (χ0v) is 14.1. The monoisotopic (exact) mass is 384 g/mol. The number of rotatable bonds is 4. The van der Waals surface area contributed by atoms with Crippen molar-refractivity contribution in [3.8, 4) is 18.9 Å². The van der Waals surface area contributed by atoms with Crippen molar-refractivity contribution in [1.82, 2.24) is 9.78 Å². The predicted octanol–water partition coefficient (Wildman–Crippen LogP) is 2.45. The summed E-state index contributed by atoms with van der Waals surface area (Å²) >= 11 is 0. The molecule has 0 aliphatic rings. The summed E-state index contributed by atoms with van der Waals surface area (Å²) in [6.45, 7) is -0.00653. The van der Waals surface area contributed by atoms with Crippen LogP contribution in [0.15, 0.2) is 30.5 Å². The second kappa shape index (κ2) is 11.3. The van der Waals surface area contributed by atoms with Gasteiger partial charge >= 0.3 is 6.18 Å². The SMILES string of the molecule is C#C.CNc1ccc(C#N)c(C(F)(F)F)c1.O=C[C@@H](O)Cn1ccc(F)n1. The number of aliphatic hydroxyl groups is 1. The Morgan fingerprint density at radius 3 is 2.44 bits per heavy atom. The molecule has 0 unspecified atom stereocenters. The number of anilines is 1. The third kappa shape index (κ3) is 8.03.